The number of rotatable bonds is 2. The summed E-state index contributed by atoms with van der Waals surface area (Å²) in [5.41, 5.74) is 0.884. The number of likely N-dealkylation sites (tertiary alicyclic amines) is 2. The van der Waals surface area contributed by atoms with E-state index in [1.165, 1.54) is 4.90 Å². The highest BCUT2D eigenvalue weighted by atomic mass is 16.2. The number of nitrogens with zero attached hydrogens (tertiary/aromatic N) is 3. The second-order valence-corrected chi connectivity index (χ2v) is 5.21. The van der Waals surface area contributed by atoms with Gasteiger partial charge in [0, 0.05) is 31.5 Å². The number of imide groups is 1. The first-order valence-electron chi connectivity index (χ1n) is 6.74. The second-order valence-electron chi connectivity index (χ2n) is 5.21. The third-order valence-electron chi connectivity index (χ3n) is 3.84. The van der Waals surface area contributed by atoms with Gasteiger partial charge in [-0.25, -0.2) is 0 Å². The van der Waals surface area contributed by atoms with Gasteiger partial charge in [-0.3, -0.25) is 19.3 Å². The van der Waals surface area contributed by atoms with Gasteiger partial charge in [0.25, 0.3) is 5.91 Å². The fourth-order valence-electron chi connectivity index (χ4n) is 2.69. The van der Waals surface area contributed by atoms with E-state index in [1.54, 1.807) is 29.2 Å². The van der Waals surface area contributed by atoms with E-state index in [-0.39, 0.29) is 36.6 Å². The van der Waals surface area contributed by atoms with Crippen LogP contribution in [0.15, 0.2) is 24.3 Å². The van der Waals surface area contributed by atoms with Gasteiger partial charge < -0.3 is 4.90 Å². The van der Waals surface area contributed by atoms with Gasteiger partial charge in [0.2, 0.25) is 11.8 Å². The van der Waals surface area contributed by atoms with Gasteiger partial charge >= 0.3 is 0 Å². The lowest BCUT2D eigenvalue weighted by molar-refractivity contribution is -0.144. The Hall–Kier alpha value is -2.68. The standard InChI is InChI=1S/C15H13N3O3/c16-7-10-2-1-3-11(6-10)15(21)17-8-12(9-17)18-13(19)4-5-14(18)20/h1-3,6,12H,4-5,8-9H2. The molecule has 0 aromatic heterocycles. The average molecular weight is 283 g/mol. The lowest BCUT2D eigenvalue weighted by atomic mass is 10.0. The van der Waals surface area contributed by atoms with E-state index >= 15 is 0 Å². The molecule has 21 heavy (non-hydrogen) atoms. The normalized spacial score (nSPS) is 18.6. The van der Waals surface area contributed by atoms with Crippen LogP contribution < -0.4 is 0 Å². The molecule has 2 fully saturated rings. The van der Waals surface area contributed by atoms with Crippen molar-refractivity contribution >= 4 is 17.7 Å². The van der Waals surface area contributed by atoms with Crippen LogP contribution in [0.5, 0.6) is 0 Å². The average Bonchev–Trinajstić information content (AvgIpc) is 2.78. The van der Waals surface area contributed by atoms with Crippen molar-refractivity contribution in [1.82, 2.24) is 9.80 Å². The van der Waals surface area contributed by atoms with Crippen molar-refractivity contribution < 1.29 is 14.4 Å². The van der Waals surface area contributed by atoms with Gasteiger partial charge in [0.15, 0.2) is 0 Å². The molecule has 0 saturated carbocycles. The molecule has 6 nitrogen and oxygen atoms in total. The van der Waals surface area contributed by atoms with E-state index in [0.717, 1.165) is 0 Å². The lowest BCUT2D eigenvalue weighted by Crippen LogP contribution is -2.62. The summed E-state index contributed by atoms with van der Waals surface area (Å²) in [6.07, 6.45) is 0.543. The van der Waals surface area contributed by atoms with Crippen molar-refractivity contribution in [2.45, 2.75) is 18.9 Å². The fourth-order valence-corrected chi connectivity index (χ4v) is 2.69. The molecule has 0 bridgehead atoms. The Morgan fingerprint density at radius 3 is 2.48 bits per heavy atom. The van der Waals surface area contributed by atoms with Crippen LogP contribution in [-0.4, -0.2) is 46.7 Å². The van der Waals surface area contributed by atoms with Gasteiger partial charge in [0.05, 0.1) is 17.7 Å². The molecule has 0 N–H and O–H groups in total. The minimum absolute atomic E-state index is 0.149. The van der Waals surface area contributed by atoms with E-state index in [2.05, 4.69) is 0 Å². The molecule has 6 heteroatoms. The molecule has 1 aromatic rings. The van der Waals surface area contributed by atoms with Crippen molar-refractivity contribution in [3.05, 3.63) is 35.4 Å². The Morgan fingerprint density at radius 2 is 1.86 bits per heavy atom. The fraction of sp³-hybridized carbons (Fsp3) is 0.333. The molecule has 0 aliphatic carbocycles. The Morgan fingerprint density at radius 1 is 1.19 bits per heavy atom. The first kappa shape index (κ1) is 13.3. The SMILES string of the molecule is N#Cc1cccc(C(=O)N2CC(N3C(=O)CCC3=O)C2)c1. The molecule has 2 heterocycles. The molecule has 2 aliphatic rings. The van der Waals surface area contributed by atoms with Crippen LogP contribution >= 0.6 is 0 Å². The molecular weight excluding hydrogens is 270 g/mol. The third kappa shape index (κ3) is 2.27. The number of hydrogen-bond acceptors (Lipinski definition) is 4. The Labute approximate surface area is 121 Å². The molecule has 1 aromatic carbocycles. The zero-order valence-electron chi connectivity index (χ0n) is 11.3. The Bertz CT molecular complexity index is 655. The quantitative estimate of drug-likeness (QED) is 0.741. The molecule has 3 amide bonds. The summed E-state index contributed by atoms with van der Waals surface area (Å²) < 4.78 is 0. The summed E-state index contributed by atoms with van der Waals surface area (Å²) in [5, 5.41) is 8.84. The van der Waals surface area contributed by atoms with Crippen LogP contribution in [0.25, 0.3) is 0 Å². The van der Waals surface area contributed by atoms with Crippen LogP contribution in [0.4, 0.5) is 0 Å². The summed E-state index contributed by atoms with van der Waals surface area (Å²) in [7, 11) is 0. The highest BCUT2D eigenvalue weighted by Crippen LogP contribution is 2.23. The number of amides is 3. The van der Waals surface area contributed by atoms with E-state index < -0.39 is 0 Å². The predicted molar refractivity (Wildman–Crippen MR) is 71.9 cm³/mol. The summed E-state index contributed by atoms with van der Waals surface area (Å²) in [6, 6.07) is 8.29. The third-order valence-corrected chi connectivity index (χ3v) is 3.84. The second kappa shape index (κ2) is 5.02. The van der Waals surface area contributed by atoms with Gasteiger partial charge in [0.1, 0.15) is 0 Å². The molecular formula is C15H13N3O3. The van der Waals surface area contributed by atoms with Gasteiger partial charge in [-0.15, -0.1) is 0 Å². The van der Waals surface area contributed by atoms with E-state index in [9.17, 15) is 14.4 Å². The topological polar surface area (TPSA) is 81.5 Å². The summed E-state index contributed by atoms with van der Waals surface area (Å²) in [5.74, 6) is -0.477. The first-order valence-corrected chi connectivity index (χ1v) is 6.74. The molecule has 2 saturated heterocycles. The number of carbonyl (C=O) groups excluding carboxylic acids is 3. The number of benzene rings is 1. The Kier molecular flexibility index (Phi) is 3.18. The smallest absolute Gasteiger partial charge is 0.254 e. The first-order chi connectivity index (χ1) is 10.1. The van der Waals surface area contributed by atoms with Crippen LogP contribution in [0.1, 0.15) is 28.8 Å². The molecule has 0 spiro atoms. The maximum Gasteiger partial charge on any atom is 0.254 e. The van der Waals surface area contributed by atoms with Crippen LogP contribution in [0.2, 0.25) is 0 Å². The van der Waals surface area contributed by atoms with E-state index in [0.29, 0.717) is 24.2 Å². The predicted octanol–water partition coefficient (Wildman–Crippen LogP) is 0.532. The molecule has 3 rings (SSSR count). The monoisotopic (exact) mass is 283 g/mol. The summed E-state index contributed by atoms with van der Waals surface area (Å²) in [4.78, 5) is 38.3. The van der Waals surface area contributed by atoms with Crippen molar-refractivity contribution in [3.63, 3.8) is 0 Å². The largest absolute Gasteiger partial charge is 0.334 e. The van der Waals surface area contributed by atoms with Crippen LogP contribution in [0, 0.1) is 11.3 Å². The highest BCUT2D eigenvalue weighted by Gasteiger charge is 2.42. The minimum atomic E-state index is -0.199. The molecule has 0 radical (unpaired) electrons. The molecule has 106 valence electrons. The van der Waals surface area contributed by atoms with Gasteiger partial charge in [-0.05, 0) is 18.2 Å². The van der Waals surface area contributed by atoms with Crippen molar-refractivity contribution in [3.8, 4) is 6.07 Å². The maximum atomic E-state index is 12.2. The maximum absolute atomic E-state index is 12.2. The molecule has 0 atom stereocenters. The van der Waals surface area contributed by atoms with Crippen molar-refractivity contribution in [2.75, 3.05) is 13.1 Å². The number of carbonyl (C=O) groups is 3. The number of hydrogen-bond donors (Lipinski definition) is 0. The Balaban J connectivity index is 1.66. The van der Waals surface area contributed by atoms with E-state index in [4.69, 9.17) is 5.26 Å². The zero-order chi connectivity index (χ0) is 15.0. The minimum Gasteiger partial charge on any atom is -0.334 e. The summed E-state index contributed by atoms with van der Waals surface area (Å²) in [6.45, 7) is 0.736. The lowest BCUT2D eigenvalue weighted by Gasteiger charge is -2.43. The van der Waals surface area contributed by atoms with Gasteiger partial charge in [-0.1, -0.05) is 6.07 Å². The van der Waals surface area contributed by atoms with Crippen molar-refractivity contribution in [2.24, 2.45) is 0 Å². The van der Waals surface area contributed by atoms with Crippen molar-refractivity contribution in [1.29, 1.82) is 5.26 Å². The number of nitriles is 1. The molecule has 2 aliphatic heterocycles. The molecule has 0 unspecified atom stereocenters. The summed E-state index contributed by atoms with van der Waals surface area (Å²) >= 11 is 0. The van der Waals surface area contributed by atoms with Crippen LogP contribution in [0.3, 0.4) is 0 Å². The van der Waals surface area contributed by atoms with Crippen LogP contribution in [-0.2, 0) is 9.59 Å². The highest BCUT2D eigenvalue weighted by molar-refractivity contribution is 6.03. The van der Waals surface area contributed by atoms with Gasteiger partial charge in [-0.2, -0.15) is 5.26 Å². The van der Waals surface area contributed by atoms with E-state index in [1.807, 2.05) is 6.07 Å². The zero-order valence-corrected chi connectivity index (χ0v) is 11.3.